The molecule has 3 aromatic heterocycles. The average molecular weight is 651 g/mol. The van der Waals surface area contributed by atoms with E-state index < -0.39 is 0 Å². The van der Waals surface area contributed by atoms with Crippen molar-refractivity contribution in [3.63, 3.8) is 0 Å². The van der Waals surface area contributed by atoms with Crippen LogP contribution < -0.4 is 0 Å². The molecule has 8 aromatic carbocycles. The Bertz CT molecular complexity index is 3120. The molecule has 3 nitrogen and oxygen atoms in total. The molecule has 238 valence electrons. The number of rotatable bonds is 4. The number of hydrogen-bond acceptors (Lipinski definition) is 1. The first-order chi connectivity index (χ1) is 25.3. The summed E-state index contributed by atoms with van der Waals surface area (Å²) in [5, 5.41) is 7.33. The number of para-hydroxylation sites is 3. The van der Waals surface area contributed by atoms with E-state index in [-0.39, 0.29) is 0 Å². The summed E-state index contributed by atoms with van der Waals surface area (Å²) in [6, 6.07) is 65.5. The van der Waals surface area contributed by atoms with E-state index in [1.165, 1.54) is 65.9 Å². The lowest BCUT2D eigenvalue weighted by Gasteiger charge is -2.11. The zero-order valence-corrected chi connectivity index (χ0v) is 27.6. The highest BCUT2D eigenvalue weighted by Crippen LogP contribution is 2.43. The van der Waals surface area contributed by atoms with Crippen LogP contribution >= 0.6 is 0 Å². The molecule has 0 fully saturated rings. The van der Waals surface area contributed by atoms with Crippen LogP contribution in [0.3, 0.4) is 0 Å². The molecule has 11 aromatic rings. The zero-order valence-electron chi connectivity index (χ0n) is 27.6. The predicted molar refractivity (Wildman–Crippen MR) is 213 cm³/mol. The Morgan fingerprint density at radius 3 is 1.55 bits per heavy atom. The van der Waals surface area contributed by atoms with Crippen molar-refractivity contribution < 1.29 is 4.42 Å². The Hall–Kier alpha value is -6.84. The van der Waals surface area contributed by atoms with Crippen molar-refractivity contribution in [3.8, 4) is 33.6 Å². The third-order valence-electron chi connectivity index (χ3n) is 10.5. The van der Waals surface area contributed by atoms with Gasteiger partial charge in [-0.05, 0) is 89.0 Å². The first-order valence-corrected chi connectivity index (χ1v) is 17.4. The minimum absolute atomic E-state index is 0.911. The molecule has 0 bridgehead atoms. The van der Waals surface area contributed by atoms with Gasteiger partial charge in [0.05, 0.1) is 22.1 Å². The lowest BCUT2D eigenvalue weighted by molar-refractivity contribution is 0.669. The van der Waals surface area contributed by atoms with Gasteiger partial charge < -0.3 is 13.6 Å². The van der Waals surface area contributed by atoms with Crippen LogP contribution in [0.25, 0.3) is 99.2 Å². The van der Waals surface area contributed by atoms with Crippen molar-refractivity contribution in [2.45, 2.75) is 0 Å². The summed E-state index contributed by atoms with van der Waals surface area (Å²) in [6.07, 6.45) is 0. The maximum absolute atomic E-state index is 6.14. The molecule has 0 aliphatic heterocycles. The molecule has 0 aliphatic carbocycles. The van der Waals surface area contributed by atoms with E-state index in [0.29, 0.717) is 0 Å². The summed E-state index contributed by atoms with van der Waals surface area (Å²) in [6.45, 7) is 0. The van der Waals surface area contributed by atoms with E-state index in [9.17, 15) is 0 Å². The van der Waals surface area contributed by atoms with Crippen LogP contribution in [0.1, 0.15) is 0 Å². The van der Waals surface area contributed by atoms with Gasteiger partial charge in [-0.1, -0.05) is 115 Å². The Morgan fingerprint density at radius 2 is 0.824 bits per heavy atom. The van der Waals surface area contributed by atoms with Gasteiger partial charge in [-0.25, -0.2) is 0 Å². The van der Waals surface area contributed by atoms with Gasteiger partial charge in [-0.3, -0.25) is 0 Å². The predicted octanol–water partition coefficient (Wildman–Crippen LogP) is 13.1. The molecule has 0 radical (unpaired) electrons. The lowest BCUT2D eigenvalue weighted by Crippen LogP contribution is -1.95. The topological polar surface area (TPSA) is 23.0 Å². The normalized spacial score (nSPS) is 11.9. The largest absolute Gasteiger partial charge is 0.456 e. The van der Waals surface area contributed by atoms with Crippen LogP contribution in [0.2, 0.25) is 0 Å². The van der Waals surface area contributed by atoms with Crippen LogP contribution in [0, 0.1) is 0 Å². The maximum atomic E-state index is 6.14. The van der Waals surface area contributed by atoms with Gasteiger partial charge in [-0.2, -0.15) is 0 Å². The molecule has 51 heavy (non-hydrogen) atoms. The quantitative estimate of drug-likeness (QED) is 0.186. The van der Waals surface area contributed by atoms with E-state index in [4.69, 9.17) is 4.42 Å². The Balaban J connectivity index is 1.12. The molecule has 0 atom stereocenters. The maximum Gasteiger partial charge on any atom is 0.135 e. The van der Waals surface area contributed by atoms with Crippen LogP contribution in [0.15, 0.2) is 186 Å². The van der Waals surface area contributed by atoms with Crippen LogP contribution in [-0.2, 0) is 0 Å². The first-order valence-electron chi connectivity index (χ1n) is 17.4. The third kappa shape index (κ3) is 4.19. The number of benzene rings is 8. The zero-order chi connectivity index (χ0) is 33.5. The minimum Gasteiger partial charge on any atom is -0.456 e. The van der Waals surface area contributed by atoms with Crippen molar-refractivity contribution >= 4 is 65.6 Å². The summed E-state index contributed by atoms with van der Waals surface area (Å²) < 4.78 is 11.0. The molecule has 0 unspecified atom stereocenters. The smallest absolute Gasteiger partial charge is 0.135 e. The van der Waals surface area contributed by atoms with E-state index in [1.54, 1.807) is 0 Å². The monoisotopic (exact) mass is 650 g/mol. The highest BCUT2D eigenvalue weighted by Gasteiger charge is 2.20. The van der Waals surface area contributed by atoms with E-state index in [1.807, 2.05) is 12.1 Å². The number of hydrogen-bond donors (Lipinski definition) is 0. The van der Waals surface area contributed by atoms with Gasteiger partial charge in [0.1, 0.15) is 11.2 Å². The van der Waals surface area contributed by atoms with Crippen molar-refractivity contribution in [2.24, 2.45) is 0 Å². The third-order valence-corrected chi connectivity index (χ3v) is 10.5. The number of nitrogens with zero attached hydrogens (tertiary/aromatic N) is 2. The van der Waals surface area contributed by atoms with Gasteiger partial charge >= 0.3 is 0 Å². The second kappa shape index (κ2) is 10.8. The molecular weight excluding hydrogens is 621 g/mol. The van der Waals surface area contributed by atoms with Gasteiger partial charge in [0.25, 0.3) is 0 Å². The molecule has 0 aliphatic rings. The minimum atomic E-state index is 0.911. The average Bonchev–Trinajstić information content (AvgIpc) is 3.86. The fourth-order valence-corrected chi connectivity index (χ4v) is 8.24. The molecular formula is C48H30N2O. The molecule has 0 saturated carbocycles. The summed E-state index contributed by atoms with van der Waals surface area (Å²) in [4.78, 5) is 0. The standard InChI is InChI=1S/C48H30N2O/c1-2-11-31(12-3-1)32-21-24-35(25-22-32)49-41-18-7-4-16-38(41)47-43(49)26-27-44-48(47)39-17-5-8-19-42(39)50(44)36-14-10-13-33(29-36)34-23-28-46-40(30-34)37-15-6-9-20-45(37)51-46/h1-30H. The summed E-state index contributed by atoms with van der Waals surface area (Å²) in [5.41, 5.74) is 13.7. The van der Waals surface area contributed by atoms with Crippen molar-refractivity contribution in [3.05, 3.63) is 182 Å². The van der Waals surface area contributed by atoms with Gasteiger partial charge in [0, 0.05) is 43.7 Å². The molecule has 0 spiro atoms. The highest BCUT2D eigenvalue weighted by molar-refractivity contribution is 6.29. The number of aromatic nitrogens is 2. The van der Waals surface area contributed by atoms with Crippen molar-refractivity contribution in [1.29, 1.82) is 0 Å². The van der Waals surface area contributed by atoms with Crippen molar-refractivity contribution in [2.75, 3.05) is 0 Å². The fourth-order valence-electron chi connectivity index (χ4n) is 8.24. The Labute approximate surface area is 293 Å². The molecule has 0 amide bonds. The molecule has 3 heterocycles. The van der Waals surface area contributed by atoms with Gasteiger partial charge in [0.2, 0.25) is 0 Å². The van der Waals surface area contributed by atoms with Crippen molar-refractivity contribution in [1.82, 2.24) is 9.13 Å². The van der Waals surface area contributed by atoms with Crippen LogP contribution in [0.4, 0.5) is 0 Å². The Kier molecular flexibility index (Phi) is 5.96. The van der Waals surface area contributed by atoms with Crippen LogP contribution in [0.5, 0.6) is 0 Å². The fraction of sp³-hybridized carbons (Fsp3) is 0. The molecule has 0 N–H and O–H groups in total. The SMILES string of the molecule is c1ccc(-c2ccc(-n3c4ccccc4c4c5c6ccccc6n(-c6cccc(-c7ccc8oc9ccccc9c8c7)c6)c5ccc43)cc2)cc1. The number of fused-ring (bicyclic) bond motifs is 10. The summed E-state index contributed by atoms with van der Waals surface area (Å²) in [5.74, 6) is 0. The number of furan rings is 1. The van der Waals surface area contributed by atoms with E-state index >= 15 is 0 Å². The molecule has 0 saturated heterocycles. The Morgan fingerprint density at radius 1 is 0.294 bits per heavy atom. The summed E-state index contributed by atoms with van der Waals surface area (Å²) >= 11 is 0. The first kappa shape index (κ1) is 28.0. The van der Waals surface area contributed by atoms with E-state index in [0.717, 1.165) is 33.3 Å². The van der Waals surface area contributed by atoms with Crippen LogP contribution in [-0.4, -0.2) is 9.13 Å². The highest BCUT2D eigenvalue weighted by atomic mass is 16.3. The van der Waals surface area contributed by atoms with Gasteiger partial charge in [0.15, 0.2) is 0 Å². The van der Waals surface area contributed by atoms with E-state index in [2.05, 4.69) is 179 Å². The molecule has 3 heteroatoms. The summed E-state index contributed by atoms with van der Waals surface area (Å²) in [7, 11) is 0. The van der Waals surface area contributed by atoms with Gasteiger partial charge in [-0.15, -0.1) is 0 Å². The second-order valence-corrected chi connectivity index (χ2v) is 13.3. The molecule has 11 rings (SSSR count). The second-order valence-electron chi connectivity index (χ2n) is 13.3. The lowest BCUT2D eigenvalue weighted by atomic mass is 10.0.